The monoisotopic (exact) mass is 308 g/mol. The molecule has 0 amide bonds. The number of nitrogens with zero attached hydrogens (tertiary/aromatic N) is 3. The average Bonchev–Trinajstić information content (AvgIpc) is 3.15. The van der Waals surface area contributed by atoms with Crippen molar-refractivity contribution in [1.29, 1.82) is 0 Å². The highest BCUT2D eigenvalue weighted by Crippen LogP contribution is 2.32. The van der Waals surface area contributed by atoms with Crippen LogP contribution in [-0.2, 0) is 7.05 Å². The van der Waals surface area contributed by atoms with Gasteiger partial charge in [-0.05, 0) is 29.8 Å². The Labute approximate surface area is 132 Å². The quantitative estimate of drug-likeness (QED) is 0.600. The summed E-state index contributed by atoms with van der Waals surface area (Å²) in [5, 5.41) is 8.01. The molecule has 0 bridgehead atoms. The van der Waals surface area contributed by atoms with Crippen LogP contribution in [0.4, 0.5) is 0 Å². The fourth-order valence-corrected chi connectivity index (χ4v) is 2.76. The van der Waals surface area contributed by atoms with Crippen molar-refractivity contribution in [1.82, 2.24) is 19.7 Å². The molecule has 2 aromatic heterocycles. The minimum absolute atomic E-state index is 0.723. The molecule has 5 heteroatoms. The SMILES string of the molecule is Cn1cnc2ccc(-c3cn[nH]c3-c3ccc(Cl)cc3)cc21. The van der Waals surface area contributed by atoms with Crippen LogP contribution in [0.5, 0.6) is 0 Å². The predicted octanol–water partition coefficient (Wildman–Crippen LogP) is 4.28. The van der Waals surface area contributed by atoms with Crippen LogP contribution in [0.2, 0.25) is 5.02 Å². The van der Waals surface area contributed by atoms with Gasteiger partial charge in [0, 0.05) is 23.2 Å². The Morgan fingerprint density at radius 3 is 2.64 bits per heavy atom. The molecule has 0 saturated carbocycles. The predicted molar refractivity (Wildman–Crippen MR) is 88.7 cm³/mol. The third-order valence-electron chi connectivity index (χ3n) is 3.81. The minimum atomic E-state index is 0.723. The van der Waals surface area contributed by atoms with Gasteiger partial charge in [-0.1, -0.05) is 29.8 Å². The highest BCUT2D eigenvalue weighted by Gasteiger charge is 2.11. The molecule has 108 valence electrons. The molecule has 0 aliphatic carbocycles. The van der Waals surface area contributed by atoms with Gasteiger partial charge in [-0.3, -0.25) is 5.10 Å². The van der Waals surface area contributed by atoms with Crippen LogP contribution < -0.4 is 0 Å². The number of aromatic nitrogens is 4. The van der Waals surface area contributed by atoms with E-state index in [0.29, 0.717) is 0 Å². The van der Waals surface area contributed by atoms with Crippen molar-refractivity contribution in [2.45, 2.75) is 0 Å². The molecule has 2 aromatic carbocycles. The number of fused-ring (bicyclic) bond motifs is 1. The summed E-state index contributed by atoms with van der Waals surface area (Å²) in [6.45, 7) is 0. The van der Waals surface area contributed by atoms with Crippen LogP contribution in [0.25, 0.3) is 33.4 Å². The molecule has 22 heavy (non-hydrogen) atoms. The van der Waals surface area contributed by atoms with Crippen LogP contribution in [0, 0.1) is 0 Å². The highest BCUT2D eigenvalue weighted by atomic mass is 35.5. The van der Waals surface area contributed by atoms with Crippen molar-refractivity contribution in [3.63, 3.8) is 0 Å². The Kier molecular flexibility index (Phi) is 2.98. The van der Waals surface area contributed by atoms with Crippen LogP contribution >= 0.6 is 11.6 Å². The number of aromatic amines is 1. The van der Waals surface area contributed by atoms with Crippen molar-refractivity contribution >= 4 is 22.6 Å². The molecule has 0 saturated heterocycles. The lowest BCUT2D eigenvalue weighted by molar-refractivity contribution is 0.948. The minimum Gasteiger partial charge on any atom is -0.334 e. The molecule has 1 N–H and O–H groups in total. The van der Waals surface area contributed by atoms with Crippen molar-refractivity contribution in [3.05, 3.63) is 60.0 Å². The normalized spacial score (nSPS) is 11.2. The molecule has 4 nitrogen and oxygen atoms in total. The molecule has 0 radical (unpaired) electrons. The van der Waals surface area contributed by atoms with Gasteiger partial charge in [0.2, 0.25) is 0 Å². The smallest absolute Gasteiger partial charge is 0.0955 e. The molecule has 0 aliphatic heterocycles. The summed E-state index contributed by atoms with van der Waals surface area (Å²) in [7, 11) is 1.99. The first-order chi connectivity index (χ1) is 10.7. The van der Waals surface area contributed by atoms with Crippen LogP contribution in [0.3, 0.4) is 0 Å². The summed E-state index contributed by atoms with van der Waals surface area (Å²) in [6, 6.07) is 14.0. The molecular formula is C17H13ClN4. The third-order valence-corrected chi connectivity index (χ3v) is 4.06. The molecule has 0 atom stereocenters. The first kappa shape index (κ1) is 13.1. The molecule has 4 aromatic rings. The summed E-state index contributed by atoms with van der Waals surface area (Å²) < 4.78 is 2.01. The number of halogens is 1. The fraction of sp³-hybridized carbons (Fsp3) is 0.0588. The second-order valence-electron chi connectivity index (χ2n) is 5.22. The number of H-pyrrole nitrogens is 1. The van der Waals surface area contributed by atoms with Crippen LogP contribution in [0.15, 0.2) is 55.0 Å². The van der Waals surface area contributed by atoms with Crippen molar-refractivity contribution in [2.75, 3.05) is 0 Å². The zero-order valence-electron chi connectivity index (χ0n) is 11.9. The van der Waals surface area contributed by atoms with E-state index in [9.17, 15) is 0 Å². The fourth-order valence-electron chi connectivity index (χ4n) is 2.64. The Morgan fingerprint density at radius 2 is 1.82 bits per heavy atom. The number of rotatable bonds is 2. The van der Waals surface area contributed by atoms with E-state index in [0.717, 1.165) is 38.4 Å². The molecule has 2 heterocycles. The van der Waals surface area contributed by atoms with E-state index in [1.807, 2.05) is 54.5 Å². The lowest BCUT2D eigenvalue weighted by Gasteiger charge is -2.05. The lowest BCUT2D eigenvalue weighted by atomic mass is 10.0. The lowest BCUT2D eigenvalue weighted by Crippen LogP contribution is -1.86. The topological polar surface area (TPSA) is 46.5 Å². The van der Waals surface area contributed by atoms with E-state index in [1.54, 1.807) is 0 Å². The zero-order chi connectivity index (χ0) is 15.1. The van der Waals surface area contributed by atoms with Gasteiger partial charge in [0.05, 0.1) is 29.3 Å². The summed E-state index contributed by atoms with van der Waals surface area (Å²) >= 11 is 5.96. The van der Waals surface area contributed by atoms with Gasteiger partial charge in [-0.2, -0.15) is 5.10 Å². The van der Waals surface area contributed by atoms with E-state index in [4.69, 9.17) is 11.6 Å². The number of hydrogen-bond donors (Lipinski definition) is 1. The number of hydrogen-bond acceptors (Lipinski definition) is 2. The summed E-state index contributed by atoms with van der Waals surface area (Å²) in [4.78, 5) is 4.36. The molecule has 0 unspecified atom stereocenters. The van der Waals surface area contributed by atoms with E-state index in [-0.39, 0.29) is 0 Å². The van der Waals surface area contributed by atoms with Gasteiger partial charge in [0.1, 0.15) is 0 Å². The Balaban J connectivity index is 1.87. The largest absolute Gasteiger partial charge is 0.334 e. The Bertz CT molecular complexity index is 950. The molecule has 4 rings (SSSR count). The van der Waals surface area contributed by atoms with Crippen LogP contribution in [0.1, 0.15) is 0 Å². The number of benzene rings is 2. The second-order valence-corrected chi connectivity index (χ2v) is 5.66. The molecule has 0 fully saturated rings. The second kappa shape index (κ2) is 5.00. The third kappa shape index (κ3) is 2.09. The van der Waals surface area contributed by atoms with E-state index in [2.05, 4.69) is 27.3 Å². The number of imidazole rings is 1. The summed E-state index contributed by atoms with van der Waals surface area (Å²) in [6.07, 6.45) is 3.67. The van der Waals surface area contributed by atoms with Gasteiger partial charge in [-0.25, -0.2) is 4.98 Å². The standard InChI is InChI=1S/C17H13ClN4/c1-22-10-19-15-7-4-12(8-16(15)22)14-9-20-21-17(14)11-2-5-13(18)6-3-11/h2-10H,1H3,(H,20,21). The van der Waals surface area contributed by atoms with E-state index < -0.39 is 0 Å². The molecular weight excluding hydrogens is 296 g/mol. The van der Waals surface area contributed by atoms with E-state index >= 15 is 0 Å². The average molecular weight is 309 g/mol. The van der Waals surface area contributed by atoms with Crippen molar-refractivity contribution < 1.29 is 0 Å². The highest BCUT2D eigenvalue weighted by molar-refractivity contribution is 6.30. The Morgan fingerprint density at radius 1 is 1.05 bits per heavy atom. The summed E-state index contributed by atoms with van der Waals surface area (Å²) in [5.41, 5.74) is 6.30. The molecule has 0 aliphatic rings. The maximum Gasteiger partial charge on any atom is 0.0955 e. The van der Waals surface area contributed by atoms with Crippen molar-refractivity contribution in [3.8, 4) is 22.4 Å². The zero-order valence-corrected chi connectivity index (χ0v) is 12.7. The summed E-state index contributed by atoms with van der Waals surface area (Å²) in [5.74, 6) is 0. The maximum atomic E-state index is 5.96. The first-order valence-electron chi connectivity index (χ1n) is 6.93. The van der Waals surface area contributed by atoms with Crippen molar-refractivity contribution in [2.24, 2.45) is 7.05 Å². The van der Waals surface area contributed by atoms with Gasteiger partial charge in [0.15, 0.2) is 0 Å². The van der Waals surface area contributed by atoms with Gasteiger partial charge >= 0.3 is 0 Å². The maximum absolute atomic E-state index is 5.96. The van der Waals surface area contributed by atoms with Gasteiger partial charge in [0.25, 0.3) is 0 Å². The van der Waals surface area contributed by atoms with Gasteiger partial charge in [-0.15, -0.1) is 0 Å². The van der Waals surface area contributed by atoms with Crippen LogP contribution in [-0.4, -0.2) is 19.7 Å². The first-order valence-corrected chi connectivity index (χ1v) is 7.31. The Hall–Kier alpha value is -2.59. The van der Waals surface area contributed by atoms with Gasteiger partial charge < -0.3 is 4.57 Å². The molecule has 0 spiro atoms. The number of nitrogens with one attached hydrogen (secondary N) is 1. The number of aryl methyl sites for hydroxylation is 1. The van der Waals surface area contributed by atoms with E-state index in [1.165, 1.54) is 0 Å².